The van der Waals surface area contributed by atoms with Gasteiger partial charge in [-0.3, -0.25) is 4.79 Å². The minimum atomic E-state index is -0.138. The smallest absolute Gasteiger partial charge is 0.220 e. The molecule has 1 fully saturated rings. The maximum absolute atomic E-state index is 11.2. The Balaban J connectivity index is 1.57. The van der Waals surface area contributed by atoms with Gasteiger partial charge in [-0.25, -0.2) is 0 Å². The average Bonchev–Trinajstić information content (AvgIpc) is 2.89. The van der Waals surface area contributed by atoms with Gasteiger partial charge in [-0.1, -0.05) is 18.2 Å². The lowest BCUT2D eigenvalue weighted by Gasteiger charge is -2.30. The predicted molar refractivity (Wildman–Crippen MR) is 80.4 cm³/mol. The second-order valence-electron chi connectivity index (χ2n) is 5.63. The van der Waals surface area contributed by atoms with Crippen LogP contribution in [0.15, 0.2) is 30.5 Å². The van der Waals surface area contributed by atoms with E-state index < -0.39 is 0 Å². The summed E-state index contributed by atoms with van der Waals surface area (Å²) < 4.78 is 0. The van der Waals surface area contributed by atoms with Crippen LogP contribution >= 0.6 is 0 Å². The van der Waals surface area contributed by atoms with Crippen LogP contribution < -0.4 is 5.73 Å². The van der Waals surface area contributed by atoms with E-state index in [1.807, 2.05) is 0 Å². The molecule has 1 aromatic carbocycles. The second kappa shape index (κ2) is 5.67. The standard InChI is InChI=1S/C16H21N3O/c17-16(20)12-5-8-19(9-6-12)10-7-13-11-18-15-4-2-1-3-14(13)15/h1-4,11-12,18H,5-10H2,(H2,17,20). The fraction of sp³-hybridized carbons (Fsp3) is 0.438. The van der Waals surface area contributed by atoms with Crippen LogP contribution in [0.3, 0.4) is 0 Å². The number of benzene rings is 1. The van der Waals surface area contributed by atoms with E-state index >= 15 is 0 Å². The molecule has 3 rings (SSSR count). The normalized spacial score (nSPS) is 17.6. The molecule has 1 aliphatic rings. The number of para-hydroxylation sites is 1. The SMILES string of the molecule is NC(=O)C1CCN(CCc2c[nH]c3ccccc23)CC1. The highest BCUT2D eigenvalue weighted by molar-refractivity contribution is 5.83. The van der Waals surface area contributed by atoms with Gasteiger partial charge in [0.25, 0.3) is 0 Å². The zero-order chi connectivity index (χ0) is 13.9. The first-order valence-corrected chi connectivity index (χ1v) is 7.30. The molecular weight excluding hydrogens is 250 g/mol. The van der Waals surface area contributed by atoms with Gasteiger partial charge < -0.3 is 15.6 Å². The molecule has 0 radical (unpaired) electrons. The lowest BCUT2D eigenvalue weighted by molar-refractivity contribution is -0.123. The van der Waals surface area contributed by atoms with E-state index in [4.69, 9.17) is 5.73 Å². The molecule has 4 nitrogen and oxygen atoms in total. The highest BCUT2D eigenvalue weighted by Gasteiger charge is 2.22. The number of nitrogens with one attached hydrogen (secondary N) is 1. The average molecular weight is 271 g/mol. The van der Waals surface area contributed by atoms with E-state index in [1.165, 1.54) is 16.5 Å². The summed E-state index contributed by atoms with van der Waals surface area (Å²) in [6, 6.07) is 8.41. The van der Waals surface area contributed by atoms with E-state index in [0.717, 1.165) is 38.9 Å². The van der Waals surface area contributed by atoms with E-state index in [2.05, 4.69) is 40.3 Å². The fourth-order valence-electron chi connectivity index (χ4n) is 3.06. The first-order valence-electron chi connectivity index (χ1n) is 7.30. The Morgan fingerprint density at radius 2 is 2.05 bits per heavy atom. The van der Waals surface area contributed by atoms with Crippen molar-refractivity contribution in [2.24, 2.45) is 11.7 Å². The van der Waals surface area contributed by atoms with Gasteiger partial charge in [0.1, 0.15) is 0 Å². The van der Waals surface area contributed by atoms with Gasteiger partial charge in [-0.2, -0.15) is 0 Å². The molecule has 3 N–H and O–H groups in total. The van der Waals surface area contributed by atoms with Gasteiger partial charge in [0.15, 0.2) is 0 Å². The number of amides is 1. The number of hydrogen-bond acceptors (Lipinski definition) is 2. The zero-order valence-corrected chi connectivity index (χ0v) is 11.6. The van der Waals surface area contributed by atoms with Gasteiger partial charge in [0.2, 0.25) is 5.91 Å². The quantitative estimate of drug-likeness (QED) is 0.892. The highest BCUT2D eigenvalue weighted by Crippen LogP contribution is 2.20. The largest absolute Gasteiger partial charge is 0.369 e. The Morgan fingerprint density at radius 1 is 1.30 bits per heavy atom. The summed E-state index contributed by atoms with van der Waals surface area (Å²) in [6.07, 6.45) is 4.97. The number of nitrogens with zero attached hydrogens (tertiary/aromatic N) is 1. The molecule has 1 aliphatic heterocycles. The Labute approximate surface area is 118 Å². The van der Waals surface area contributed by atoms with Crippen LogP contribution in [0.25, 0.3) is 10.9 Å². The molecule has 0 bridgehead atoms. The molecule has 106 valence electrons. The first kappa shape index (κ1) is 13.2. The summed E-state index contributed by atoms with van der Waals surface area (Å²) in [5, 5.41) is 1.32. The number of primary amides is 1. The van der Waals surface area contributed by atoms with Crippen molar-refractivity contribution in [1.82, 2.24) is 9.88 Å². The van der Waals surface area contributed by atoms with Crippen LogP contribution in [-0.2, 0) is 11.2 Å². The summed E-state index contributed by atoms with van der Waals surface area (Å²) in [5.41, 5.74) is 7.94. The van der Waals surface area contributed by atoms with E-state index in [9.17, 15) is 4.79 Å². The molecule has 1 amide bonds. The first-order chi connectivity index (χ1) is 9.74. The molecule has 20 heavy (non-hydrogen) atoms. The number of aromatic amines is 1. The number of aromatic nitrogens is 1. The molecule has 0 saturated carbocycles. The van der Waals surface area contributed by atoms with Crippen molar-refractivity contribution in [2.75, 3.05) is 19.6 Å². The molecule has 4 heteroatoms. The number of piperidine rings is 1. The van der Waals surface area contributed by atoms with Crippen LogP contribution in [0.2, 0.25) is 0 Å². The minimum absolute atomic E-state index is 0.0827. The molecule has 1 saturated heterocycles. The summed E-state index contributed by atoms with van der Waals surface area (Å²) in [7, 11) is 0. The number of rotatable bonds is 4. The van der Waals surface area contributed by atoms with Crippen LogP contribution in [0.1, 0.15) is 18.4 Å². The number of nitrogens with two attached hydrogens (primary N) is 1. The topological polar surface area (TPSA) is 62.1 Å². The number of carbonyl (C=O) groups is 1. The molecule has 0 atom stereocenters. The van der Waals surface area contributed by atoms with E-state index in [1.54, 1.807) is 0 Å². The summed E-state index contributed by atoms with van der Waals surface area (Å²) in [5.74, 6) is -0.0550. The van der Waals surface area contributed by atoms with Crippen LogP contribution in [0.4, 0.5) is 0 Å². The van der Waals surface area contributed by atoms with Gasteiger partial charge in [-0.05, 0) is 44.0 Å². The Bertz CT molecular complexity index is 597. The van der Waals surface area contributed by atoms with Crippen molar-refractivity contribution in [3.8, 4) is 0 Å². The highest BCUT2D eigenvalue weighted by atomic mass is 16.1. The minimum Gasteiger partial charge on any atom is -0.369 e. The molecule has 0 unspecified atom stereocenters. The van der Waals surface area contributed by atoms with E-state index in [-0.39, 0.29) is 11.8 Å². The Hall–Kier alpha value is -1.81. The Morgan fingerprint density at radius 3 is 2.80 bits per heavy atom. The molecule has 0 spiro atoms. The van der Waals surface area contributed by atoms with Crippen molar-refractivity contribution in [3.63, 3.8) is 0 Å². The molecular formula is C16H21N3O. The van der Waals surface area contributed by atoms with Crippen LogP contribution in [0, 0.1) is 5.92 Å². The van der Waals surface area contributed by atoms with Crippen molar-refractivity contribution < 1.29 is 4.79 Å². The lowest BCUT2D eigenvalue weighted by atomic mass is 9.96. The van der Waals surface area contributed by atoms with Crippen molar-refractivity contribution in [1.29, 1.82) is 0 Å². The van der Waals surface area contributed by atoms with Crippen molar-refractivity contribution in [3.05, 3.63) is 36.0 Å². The third-order valence-corrected chi connectivity index (χ3v) is 4.36. The number of carbonyl (C=O) groups excluding carboxylic acids is 1. The maximum Gasteiger partial charge on any atom is 0.220 e. The number of fused-ring (bicyclic) bond motifs is 1. The van der Waals surface area contributed by atoms with Crippen molar-refractivity contribution in [2.45, 2.75) is 19.3 Å². The zero-order valence-electron chi connectivity index (χ0n) is 11.6. The van der Waals surface area contributed by atoms with Crippen LogP contribution in [0.5, 0.6) is 0 Å². The third-order valence-electron chi connectivity index (χ3n) is 4.36. The molecule has 2 aromatic rings. The van der Waals surface area contributed by atoms with Crippen molar-refractivity contribution >= 4 is 16.8 Å². The predicted octanol–water partition coefficient (Wildman–Crippen LogP) is 1.91. The fourth-order valence-corrected chi connectivity index (χ4v) is 3.06. The van der Waals surface area contributed by atoms with Gasteiger partial charge in [0, 0.05) is 29.6 Å². The second-order valence-corrected chi connectivity index (χ2v) is 5.63. The Kier molecular flexibility index (Phi) is 3.74. The summed E-state index contributed by atoms with van der Waals surface area (Å²) in [4.78, 5) is 16.9. The third kappa shape index (κ3) is 2.70. The lowest BCUT2D eigenvalue weighted by Crippen LogP contribution is -2.39. The van der Waals surface area contributed by atoms with Gasteiger partial charge >= 0.3 is 0 Å². The number of H-pyrrole nitrogens is 1. The van der Waals surface area contributed by atoms with Gasteiger partial charge in [0.05, 0.1) is 0 Å². The number of hydrogen-bond donors (Lipinski definition) is 2. The van der Waals surface area contributed by atoms with E-state index in [0.29, 0.717) is 0 Å². The van der Waals surface area contributed by atoms with Gasteiger partial charge in [-0.15, -0.1) is 0 Å². The summed E-state index contributed by atoms with van der Waals surface area (Å²) >= 11 is 0. The van der Waals surface area contributed by atoms with Crippen LogP contribution in [-0.4, -0.2) is 35.4 Å². The molecule has 0 aliphatic carbocycles. The number of likely N-dealkylation sites (tertiary alicyclic amines) is 1. The molecule has 2 heterocycles. The summed E-state index contributed by atoms with van der Waals surface area (Å²) in [6.45, 7) is 3.01. The monoisotopic (exact) mass is 271 g/mol. The molecule has 1 aromatic heterocycles. The maximum atomic E-state index is 11.2.